The second kappa shape index (κ2) is 7.26. The number of hydrogen-bond donors (Lipinski definition) is 1. The minimum absolute atomic E-state index is 0.0103. The third-order valence-electron chi connectivity index (χ3n) is 4.03. The number of nitrogens with zero attached hydrogens (tertiary/aromatic N) is 4. The highest BCUT2D eigenvalue weighted by Crippen LogP contribution is 2.24. The Morgan fingerprint density at radius 1 is 1.21 bits per heavy atom. The summed E-state index contributed by atoms with van der Waals surface area (Å²) in [4.78, 5) is 17.6. The molecule has 1 aromatic carbocycles. The van der Waals surface area contributed by atoms with Gasteiger partial charge in [0.25, 0.3) is 14.6 Å². The Morgan fingerprint density at radius 3 is 2.66 bits per heavy atom. The van der Waals surface area contributed by atoms with E-state index in [-0.39, 0.29) is 18.1 Å². The molecule has 12 heteroatoms. The summed E-state index contributed by atoms with van der Waals surface area (Å²) in [5, 5.41) is 8.22. The Hall–Kier alpha value is -3.31. The number of aromatic nitrogens is 5. The average molecular weight is 436 g/mol. The highest BCUT2D eigenvalue weighted by atomic mass is 35.7. The summed E-state index contributed by atoms with van der Waals surface area (Å²) in [6.07, 6.45) is 2.22. The first-order valence-corrected chi connectivity index (χ1v) is 10.4. The Labute approximate surface area is 167 Å². The number of nitrogens with one attached hydrogen (secondary N) is 1. The van der Waals surface area contributed by atoms with Gasteiger partial charge >= 0.3 is 0 Å². The van der Waals surface area contributed by atoms with Crippen LogP contribution in [0.15, 0.2) is 63.1 Å². The van der Waals surface area contributed by atoms with Crippen LogP contribution in [-0.2, 0) is 15.6 Å². The van der Waals surface area contributed by atoms with Crippen molar-refractivity contribution >= 4 is 19.7 Å². The van der Waals surface area contributed by atoms with Crippen LogP contribution in [0.5, 0.6) is 0 Å². The van der Waals surface area contributed by atoms with E-state index in [4.69, 9.17) is 15.2 Å². The van der Waals surface area contributed by atoms with E-state index in [2.05, 4.69) is 20.2 Å². The van der Waals surface area contributed by atoms with Gasteiger partial charge in [-0.2, -0.15) is 5.10 Å². The number of hydrogen-bond acceptors (Lipinski definition) is 7. The number of halogens is 2. The van der Waals surface area contributed by atoms with Crippen LogP contribution in [0.2, 0.25) is 0 Å². The van der Waals surface area contributed by atoms with E-state index in [1.165, 1.54) is 17.0 Å². The SMILES string of the molecule is O=c1[nH]c(-c2cc(-c3ccon3)n(Cc3ccccc3F)n2)ncc1S(=O)(=O)Cl. The van der Waals surface area contributed by atoms with Gasteiger partial charge in [-0.25, -0.2) is 17.8 Å². The van der Waals surface area contributed by atoms with Crippen molar-refractivity contribution in [1.82, 2.24) is 24.9 Å². The first-order chi connectivity index (χ1) is 13.8. The molecule has 0 saturated heterocycles. The Bertz CT molecular complexity index is 1350. The molecule has 0 radical (unpaired) electrons. The van der Waals surface area contributed by atoms with Gasteiger partial charge in [0.05, 0.1) is 18.4 Å². The van der Waals surface area contributed by atoms with Gasteiger partial charge in [0, 0.05) is 22.3 Å². The summed E-state index contributed by atoms with van der Waals surface area (Å²) in [6, 6.07) is 9.38. The summed E-state index contributed by atoms with van der Waals surface area (Å²) in [6.45, 7) is 0.0766. The third-order valence-corrected chi connectivity index (χ3v) is 5.34. The zero-order valence-electron chi connectivity index (χ0n) is 14.4. The predicted molar refractivity (Wildman–Crippen MR) is 100 cm³/mol. The molecule has 0 spiro atoms. The molecule has 29 heavy (non-hydrogen) atoms. The molecule has 0 unspecified atom stereocenters. The molecule has 3 heterocycles. The first kappa shape index (κ1) is 19.0. The smallest absolute Gasteiger partial charge is 0.271 e. The zero-order valence-corrected chi connectivity index (χ0v) is 16.0. The van der Waals surface area contributed by atoms with Gasteiger partial charge in [-0.05, 0) is 12.1 Å². The third kappa shape index (κ3) is 3.82. The van der Waals surface area contributed by atoms with Gasteiger partial charge < -0.3 is 9.51 Å². The molecule has 4 aromatic rings. The minimum Gasteiger partial charge on any atom is -0.364 e. The van der Waals surface area contributed by atoms with Crippen molar-refractivity contribution in [2.24, 2.45) is 0 Å². The van der Waals surface area contributed by atoms with E-state index in [1.54, 1.807) is 30.3 Å². The van der Waals surface area contributed by atoms with Crippen molar-refractivity contribution < 1.29 is 17.3 Å². The standard InChI is InChI=1S/C17H11ClFN5O4S/c18-29(26,27)15-8-20-16(21-17(15)25)13-7-14(12-5-6-28-23-12)24(22-13)9-10-3-1-2-4-11(10)19/h1-8H,9H2,(H,20,21,25). The molecule has 0 saturated carbocycles. The van der Waals surface area contributed by atoms with Crippen molar-refractivity contribution in [3.05, 3.63) is 70.6 Å². The molecular formula is C17H11ClFN5O4S. The molecule has 0 aliphatic heterocycles. The molecule has 1 N–H and O–H groups in total. The van der Waals surface area contributed by atoms with E-state index in [1.807, 2.05) is 0 Å². The predicted octanol–water partition coefficient (Wildman–Crippen LogP) is 2.40. The zero-order chi connectivity index (χ0) is 20.6. The van der Waals surface area contributed by atoms with Gasteiger partial charge in [0.1, 0.15) is 23.5 Å². The minimum atomic E-state index is -4.24. The summed E-state index contributed by atoms with van der Waals surface area (Å²) >= 11 is 0. The maximum Gasteiger partial charge on any atom is 0.271 e. The van der Waals surface area contributed by atoms with Crippen molar-refractivity contribution in [2.45, 2.75) is 11.4 Å². The molecule has 0 aliphatic rings. The van der Waals surface area contributed by atoms with Crippen LogP contribution >= 0.6 is 10.7 Å². The molecular weight excluding hydrogens is 425 g/mol. The lowest BCUT2D eigenvalue weighted by Gasteiger charge is -2.06. The average Bonchev–Trinajstić information content (AvgIpc) is 3.32. The maximum absolute atomic E-state index is 14.1. The quantitative estimate of drug-likeness (QED) is 0.477. The number of benzene rings is 1. The highest BCUT2D eigenvalue weighted by molar-refractivity contribution is 8.13. The fourth-order valence-corrected chi connectivity index (χ4v) is 3.46. The van der Waals surface area contributed by atoms with Crippen LogP contribution in [0.1, 0.15) is 5.56 Å². The molecule has 148 valence electrons. The fraction of sp³-hybridized carbons (Fsp3) is 0.0588. The normalized spacial score (nSPS) is 11.7. The first-order valence-electron chi connectivity index (χ1n) is 8.09. The molecule has 0 amide bonds. The molecule has 0 atom stereocenters. The summed E-state index contributed by atoms with van der Waals surface area (Å²) < 4.78 is 43.2. The Balaban J connectivity index is 1.81. The molecule has 0 aliphatic carbocycles. The summed E-state index contributed by atoms with van der Waals surface area (Å²) in [5.74, 6) is -0.394. The van der Waals surface area contributed by atoms with Crippen molar-refractivity contribution in [1.29, 1.82) is 0 Å². The number of H-pyrrole nitrogens is 1. The van der Waals surface area contributed by atoms with Crippen LogP contribution in [0.4, 0.5) is 4.39 Å². The van der Waals surface area contributed by atoms with Crippen molar-refractivity contribution in [2.75, 3.05) is 0 Å². The summed E-state index contributed by atoms with van der Waals surface area (Å²) in [5.41, 5.74) is 0.583. The monoisotopic (exact) mass is 435 g/mol. The van der Waals surface area contributed by atoms with Gasteiger partial charge in [-0.3, -0.25) is 9.48 Å². The van der Waals surface area contributed by atoms with Crippen LogP contribution in [0, 0.1) is 5.82 Å². The Morgan fingerprint density at radius 2 is 2.00 bits per heavy atom. The van der Waals surface area contributed by atoms with E-state index in [0.717, 1.165) is 6.20 Å². The second-order valence-corrected chi connectivity index (χ2v) is 8.45. The van der Waals surface area contributed by atoms with Gasteiger partial charge in [0.15, 0.2) is 10.7 Å². The topological polar surface area (TPSA) is 124 Å². The number of rotatable bonds is 5. The second-order valence-electron chi connectivity index (χ2n) is 5.91. The van der Waals surface area contributed by atoms with Crippen molar-refractivity contribution in [3.63, 3.8) is 0 Å². The Kier molecular flexibility index (Phi) is 4.76. The van der Waals surface area contributed by atoms with E-state index in [9.17, 15) is 17.6 Å². The van der Waals surface area contributed by atoms with E-state index in [0.29, 0.717) is 17.0 Å². The number of aromatic amines is 1. The highest BCUT2D eigenvalue weighted by Gasteiger charge is 2.20. The molecule has 0 bridgehead atoms. The van der Waals surface area contributed by atoms with Crippen LogP contribution in [0.3, 0.4) is 0 Å². The maximum atomic E-state index is 14.1. The lowest BCUT2D eigenvalue weighted by molar-refractivity contribution is 0.421. The lowest BCUT2D eigenvalue weighted by atomic mass is 10.2. The lowest BCUT2D eigenvalue weighted by Crippen LogP contribution is -2.16. The van der Waals surface area contributed by atoms with Crippen LogP contribution in [0.25, 0.3) is 22.9 Å². The van der Waals surface area contributed by atoms with Gasteiger partial charge in [-0.15, -0.1) is 0 Å². The molecule has 3 aromatic heterocycles. The fourth-order valence-electron chi connectivity index (χ4n) is 2.68. The van der Waals surface area contributed by atoms with Crippen LogP contribution in [-0.4, -0.2) is 33.3 Å². The van der Waals surface area contributed by atoms with Crippen LogP contribution < -0.4 is 5.56 Å². The molecule has 9 nitrogen and oxygen atoms in total. The van der Waals surface area contributed by atoms with Crippen molar-refractivity contribution in [3.8, 4) is 22.9 Å². The van der Waals surface area contributed by atoms with E-state index < -0.39 is 25.3 Å². The summed E-state index contributed by atoms with van der Waals surface area (Å²) in [7, 11) is 0.962. The van der Waals surface area contributed by atoms with E-state index >= 15 is 0 Å². The largest absolute Gasteiger partial charge is 0.364 e. The van der Waals surface area contributed by atoms with Gasteiger partial charge in [-0.1, -0.05) is 23.4 Å². The van der Waals surface area contributed by atoms with Gasteiger partial charge in [0.2, 0.25) is 0 Å². The molecule has 4 rings (SSSR count). The molecule has 0 fully saturated rings.